The normalized spacial score (nSPS) is 18.8. The van der Waals surface area contributed by atoms with Gasteiger partial charge in [0, 0.05) is 20.1 Å². The molecule has 1 aliphatic heterocycles. The average molecular weight is 260 g/mol. The van der Waals surface area contributed by atoms with Crippen molar-refractivity contribution in [3.8, 4) is 0 Å². The van der Waals surface area contributed by atoms with Crippen molar-refractivity contribution in [1.29, 1.82) is 0 Å². The Hall–Kier alpha value is -1.35. The summed E-state index contributed by atoms with van der Waals surface area (Å²) in [5.74, 6) is 0.169. The zero-order valence-electron chi connectivity index (χ0n) is 12.4. The van der Waals surface area contributed by atoms with E-state index in [1.165, 1.54) is 5.56 Å². The molecule has 2 rings (SSSR count). The van der Waals surface area contributed by atoms with Crippen LogP contribution in [-0.2, 0) is 11.2 Å². The van der Waals surface area contributed by atoms with E-state index in [2.05, 4.69) is 38.2 Å². The number of rotatable bonds is 2. The molecule has 1 atom stereocenters. The zero-order chi connectivity index (χ0) is 14.0. The molecule has 0 fully saturated rings. The molecule has 104 valence electrons. The molecule has 0 saturated heterocycles. The van der Waals surface area contributed by atoms with Crippen molar-refractivity contribution >= 4 is 5.91 Å². The first-order valence-corrected chi connectivity index (χ1v) is 6.95. The van der Waals surface area contributed by atoms with Crippen molar-refractivity contribution in [2.45, 2.75) is 33.2 Å². The van der Waals surface area contributed by atoms with Crippen LogP contribution in [0, 0.1) is 5.41 Å². The van der Waals surface area contributed by atoms with Gasteiger partial charge in [-0.1, -0.05) is 45.0 Å². The maximum absolute atomic E-state index is 12.6. The van der Waals surface area contributed by atoms with Gasteiger partial charge in [-0.25, -0.2) is 0 Å². The summed E-state index contributed by atoms with van der Waals surface area (Å²) in [6, 6.07) is 8.06. The lowest BCUT2D eigenvalue weighted by molar-refractivity contribution is -0.133. The minimum atomic E-state index is -0.183. The standard InChI is InChI=1S/C16H24N2O/c1-16(2,3)11-18(4)15(19)14-13-8-6-5-7-12(13)9-10-17-14/h5-8,14,17H,9-11H2,1-4H3. The van der Waals surface area contributed by atoms with Crippen LogP contribution in [0.2, 0.25) is 0 Å². The molecule has 3 nitrogen and oxygen atoms in total. The van der Waals surface area contributed by atoms with Crippen LogP contribution in [0.3, 0.4) is 0 Å². The first kappa shape index (κ1) is 14.1. The molecule has 19 heavy (non-hydrogen) atoms. The van der Waals surface area contributed by atoms with Crippen LogP contribution in [0.15, 0.2) is 24.3 Å². The fourth-order valence-corrected chi connectivity index (χ4v) is 2.73. The van der Waals surface area contributed by atoms with E-state index in [4.69, 9.17) is 0 Å². The van der Waals surface area contributed by atoms with Crippen LogP contribution in [0.4, 0.5) is 0 Å². The number of hydrogen-bond donors (Lipinski definition) is 1. The number of carbonyl (C=O) groups excluding carboxylic acids is 1. The van der Waals surface area contributed by atoms with Gasteiger partial charge in [0.15, 0.2) is 0 Å². The molecule has 0 spiro atoms. The summed E-state index contributed by atoms with van der Waals surface area (Å²) in [6.07, 6.45) is 1.00. The molecule has 1 heterocycles. The van der Waals surface area contributed by atoms with E-state index < -0.39 is 0 Å². The fourth-order valence-electron chi connectivity index (χ4n) is 2.73. The van der Waals surface area contributed by atoms with Crippen LogP contribution in [-0.4, -0.2) is 30.9 Å². The molecule has 1 aromatic carbocycles. The average Bonchev–Trinajstić information content (AvgIpc) is 2.35. The van der Waals surface area contributed by atoms with E-state index in [9.17, 15) is 4.79 Å². The van der Waals surface area contributed by atoms with Crippen LogP contribution < -0.4 is 5.32 Å². The smallest absolute Gasteiger partial charge is 0.244 e. The highest BCUT2D eigenvalue weighted by Gasteiger charge is 2.29. The number of benzene rings is 1. The van der Waals surface area contributed by atoms with E-state index in [-0.39, 0.29) is 17.4 Å². The van der Waals surface area contributed by atoms with Gasteiger partial charge in [0.1, 0.15) is 6.04 Å². The van der Waals surface area contributed by atoms with Crippen molar-refractivity contribution in [1.82, 2.24) is 10.2 Å². The third-order valence-electron chi connectivity index (χ3n) is 3.44. The maximum Gasteiger partial charge on any atom is 0.244 e. The fraction of sp³-hybridized carbons (Fsp3) is 0.562. The first-order chi connectivity index (χ1) is 8.88. The number of likely N-dealkylation sites (N-methyl/N-ethyl adjacent to an activating group) is 1. The molecule has 0 bridgehead atoms. The summed E-state index contributed by atoms with van der Waals surface area (Å²) in [7, 11) is 1.90. The van der Waals surface area contributed by atoms with Gasteiger partial charge in [0.25, 0.3) is 0 Å². The Kier molecular flexibility index (Phi) is 3.95. The summed E-state index contributed by atoms with van der Waals surface area (Å²) in [5.41, 5.74) is 2.56. The van der Waals surface area contributed by atoms with Crippen LogP contribution in [0.1, 0.15) is 37.9 Å². The SMILES string of the molecule is CN(CC(C)(C)C)C(=O)C1NCCc2ccccc21. The van der Waals surface area contributed by atoms with E-state index in [1.807, 2.05) is 24.1 Å². The summed E-state index contributed by atoms with van der Waals surface area (Å²) < 4.78 is 0. The molecule has 1 aliphatic rings. The van der Waals surface area contributed by atoms with Crippen LogP contribution in [0.5, 0.6) is 0 Å². The Morgan fingerprint density at radius 3 is 2.74 bits per heavy atom. The summed E-state index contributed by atoms with van der Waals surface area (Å²) in [5, 5.41) is 3.35. The third-order valence-corrected chi connectivity index (χ3v) is 3.44. The van der Waals surface area contributed by atoms with E-state index in [0.717, 1.165) is 25.1 Å². The number of fused-ring (bicyclic) bond motifs is 1. The second kappa shape index (κ2) is 5.33. The second-order valence-corrected chi connectivity index (χ2v) is 6.59. The Morgan fingerprint density at radius 1 is 1.37 bits per heavy atom. The second-order valence-electron chi connectivity index (χ2n) is 6.59. The molecule has 0 saturated carbocycles. The predicted molar refractivity (Wildman–Crippen MR) is 78.0 cm³/mol. The molecular weight excluding hydrogens is 236 g/mol. The number of carbonyl (C=O) groups is 1. The van der Waals surface area contributed by atoms with E-state index in [0.29, 0.717) is 0 Å². The third kappa shape index (κ3) is 3.35. The highest BCUT2D eigenvalue weighted by molar-refractivity contribution is 5.83. The van der Waals surface area contributed by atoms with Gasteiger partial charge in [0.05, 0.1) is 0 Å². The van der Waals surface area contributed by atoms with Crippen molar-refractivity contribution in [2.24, 2.45) is 5.41 Å². The first-order valence-electron chi connectivity index (χ1n) is 6.95. The summed E-state index contributed by atoms with van der Waals surface area (Å²) in [4.78, 5) is 14.4. The molecular formula is C16H24N2O. The monoisotopic (exact) mass is 260 g/mol. The van der Waals surface area contributed by atoms with Crippen LogP contribution in [0.25, 0.3) is 0 Å². The van der Waals surface area contributed by atoms with Crippen molar-refractivity contribution in [3.63, 3.8) is 0 Å². The van der Waals surface area contributed by atoms with Crippen molar-refractivity contribution < 1.29 is 4.79 Å². The minimum absolute atomic E-state index is 0.124. The maximum atomic E-state index is 12.6. The lowest BCUT2D eigenvalue weighted by Crippen LogP contribution is -2.44. The number of amides is 1. The van der Waals surface area contributed by atoms with Gasteiger partial charge in [-0.05, 0) is 23.0 Å². The van der Waals surface area contributed by atoms with Crippen LogP contribution >= 0.6 is 0 Å². The van der Waals surface area contributed by atoms with Crippen molar-refractivity contribution in [3.05, 3.63) is 35.4 Å². The Bertz CT molecular complexity index is 462. The molecule has 1 unspecified atom stereocenters. The topological polar surface area (TPSA) is 32.3 Å². The Balaban J connectivity index is 2.17. The van der Waals surface area contributed by atoms with Gasteiger partial charge in [0.2, 0.25) is 5.91 Å². The highest BCUT2D eigenvalue weighted by Crippen LogP contribution is 2.25. The summed E-state index contributed by atoms with van der Waals surface area (Å²) >= 11 is 0. The highest BCUT2D eigenvalue weighted by atomic mass is 16.2. The molecule has 1 aromatic rings. The number of nitrogens with zero attached hydrogens (tertiary/aromatic N) is 1. The quantitative estimate of drug-likeness (QED) is 0.885. The van der Waals surface area contributed by atoms with Gasteiger partial charge < -0.3 is 10.2 Å². The predicted octanol–water partition coefficient (Wildman–Crippen LogP) is 2.38. The lowest BCUT2D eigenvalue weighted by atomic mass is 9.92. The molecule has 1 amide bonds. The number of hydrogen-bond acceptors (Lipinski definition) is 2. The van der Waals surface area contributed by atoms with Gasteiger partial charge in [-0.15, -0.1) is 0 Å². The van der Waals surface area contributed by atoms with E-state index >= 15 is 0 Å². The number of nitrogens with one attached hydrogen (secondary N) is 1. The van der Waals surface area contributed by atoms with E-state index in [1.54, 1.807) is 0 Å². The van der Waals surface area contributed by atoms with Gasteiger partial charge in [-0.3, -0.25) is 4.79 Å². The van der Waals surface area contributed by atoms with Gasteiger partial charge in [-0.2, -0.15) is 0 Å². The van der Waals surface area contributed by atoms with Crippen molar-refractivity contribution in [2.75, 3.05) is 20.1 Å². The largest absolute Gasteiger partial charge is 0.344 e. The molecule has 0 radical (unpaired) electrons. The Morgan fingerprint density at radius 2 is 2.05 bits per heavy atom. The molecule has 0 aliphatic carbocycles. The minimum Gasteiger partial charge on any atom is -0.344 e. The molecule has 3 heteroatoms. The molecule has 0 aromatic heterocycles. The Labute approximate surface area is 116 Å². The molecule has 1 N–H and O–H groups in total. The lowest BCUT2D eigenvalue weighted by Gasteiger charge is -2.32. The van der Waals surface area contributed by atoms with Gasteiger partial charge >= 0.3 is 0 Å². The summed E-state index contributed by atoms with van der Waals surface area (Å²) in [6.45, 7) is 8.10. The zero-order valence-corrected chi connectivity index (χ0v) is 12.4.